The molecule has 1 aromatic heterocycles. The zero-order valence-electron chi connectivity index (χ0n) is 11.0. The predicted octanol–water partition coefficient (Wildman–Crippen LogP) is 1.44. The van der Waals surface area contributed by atoms with Crippen molar-refractivity contribution in [2.75, 3.05) is 34.4 Å². The lowest BCUT2D eigenvalue weighted by Crippen LogP contribution is -2.08. The van der Waals surface area contributed by atoms with Gasteiger partial charge in [-0.1, -0.05) is 11.8 Å². The number of hydrogen-bond acceptors (Lipinski definition) is 4. The third-order valence-corrected chi connectivity index (χ3v) is 2.47. The maximum atomic E-state index is 4.50. The minimum Gasteiger partial charge on any atom is -0.383 e. The van der Waals surface area contributed by atoms with E-state index in [1.54, 1.807) is 18.0 Å². The topological polar surface area (TPSA) is 32.0 Å². The minimum absolute atomic E-state index is 0.791. The van der Waals surface area contributed by atoms with E-state index in [1.807, 2.05) is 62.4 Å². The van der Waals surface area contributed by atoms with Gasteiger partial charge < -0.3 is 4.90 Å². The van der Waals surface area contributed by atoms with Gasteiger partial charge in [0.1, 0.15) is 14.1 Å². The van der Waals surface area contributed by atoms with Crippen LogP contribution in [0.1, 0.15) is 5.69 Å². The first-order chi connectivity index (χ1) is 8.02. The lowest BCUT2D eigenvalue weighted by Gasteiger charge is -2.07. The lowest BCUT2D eigenvalue weighted by atomic mass is 10.2. The molecule has 0 fully saturated rings. The summed E-state index contributed by atoms with van der Waals surface area (Å²) in [5.74, 6) is 0. The van der Waals surface area contributed by atoms with Gasteiger partial charge in [0.05, 0.1) is 11.3 Å². The molecule has 5 heteroatoms. The molecule has 0 spiro atoms. The van der Waals surface area contributed by atoms with Crippen LogP contribution in [-0.2, 0) is 0 Å². The summed E-state index contributed by atoms with van der Waals surface area (Å²) in [4.78, 5) is 10.7. The van der Waals surface area contributed by atoms with Crippen LogP contribution in [0.2, 0.25) is 0 Å². The average molecular weight is 251 g/mol. The molecule has 0 aliphatic rings. The number of allylic oxidation sites excluding steroid dienone is 1. The van der Waals surface area contributed by atoms with E-state index in [4.69, 9.17) is 0 Å². The number of aromatic nitrogens is 2. The smallest absolute Gasteiger partial charge is 0.187 e. The second-order valence-corrected chi connectivity index (χ2v) is 4.84. The molecule has 0 radical (unpaired) electrons. The van der Waals surface area contributed by atoms with Crippen molar-refractivity contribution in [1.29, 1.82) is 0 Å². The van der Waals surface area contributed by atoms with E-state index in [-0.39, 0.29) is 0 Å². The molecule has 0 saturated heterocycles. The number of rotatable bonds is 4. The molecule has 0 aromatic carbocycles. The quantitative estimate of drug-likeness (QED) is 0.351. The van der Waals surface area contributed by atoms with Gasteiger partial charge in [-0.05, 0) is 12.3 Å². The Hall–Kier alpha value is -1.36. The Morgan fingerprint density at radius 1 is 1.41 bits per heavy atom. The Labute approximate surface area is 107 Å². The first-order valence-corrected chi connectivity index (χ1v) is 6.52. The van der Waals surface area contributed by atoms with Crippen LogP contribution >= 0.6 is 11.8 Å². The van der Waals surface area contributed by atoms with Crippen LogP contribution in [0.5, 0.6) is 0 Å². The fourth-order valence-corrected chi connectivity index (χ4v) is 1.68. The van der Waals surface area contributed by atoms with Crippen molar-refractivity contribution in [1.82, 2.24) is 14.9 Å². The largest absolute Gasteiger partial charge is 0.383 e. The van der Waals surface area contributed by atoms with E-state index in [2.05, 4.69) is 9.97 Å². The first-order valence-electron chi connectivity index (χ1n) is 5.30. The fraction of sp³-hybridized carbons (Fsp3) is 0.417. The van der Waals surface area contributed by atoms with Crippen LogP contribution in [0.25, 0.3) is 5.57 Å². The summed E-state index contributed by atoms with van der Waals surface area (Å²) < 4.78 is 2.01. The molecule has 0 atom stereocenters. The molecule has 0 aliphatic carbocycles. The standard InChI is InChI=1S/C12H19N4S/c1-15(2)8-10(9-16(3)4)11-6-7-13-12(14-11)17-5/h6-9H,1-5H3/q+1. The van der Waals surface area contributed by atoms with E-state index in [9.17, 15) is 0 Å². The summed E-state index contributed by atoms with van der Waals surface area (Å²) in [5, 5.41) is 0.791. The van der Waals surface area contributed by atoms with Crippen molar-refractivity contribution in [2.45, 2.75) is 5.16 Å². The highest BCUT2D eigenvalue weighted by molar-refractivity contribution is 7.98. The van der Waals surface area contributed by atoms with Crippen molar-refractivity contribution in [3.8, 4) is 0 Å². The molecule has 0 bridgehead atoms. The fourth-order valence-electron chi connectivity index (χ4n) is 1.32. The van der Waals surface area contributed by atoms with Crippen molar-refractivity contribution in [2.24, 2.45) is 0 Å². The summed E-state index contributed by atoms with van der Waals surface area (Å²) in [6.45, 7) is 0. The molecule has 0 amide bonds. The van der Waals surface area contributed by atoms with Crippen LogP contribution in [0, 0.1) is 0 Å². The van der Waals surface area contributed by atoms with Gasteiger partial charge in [0, 0.05) is 26.5 Å². The van der Waals surface area contributed by atoms with Gasteiger partial charge in [0.15, 0.2) is 11.4 Å². The SMILES string of the molecule is CSc1nccc(/C(C=[N+](C)C)=C\N(C)C)n1. The zero-order valence-corrected chi connectivity index (χ0v) is 11.8. The number of hydrogen-bond donors (Lipinski definition) is 0. The molecule has 4 nitrogen and oxygen atoms in total. The van der Waals surface area contributed by atoms with Crippen molar-refractivity contribution in [3.05, 3.63) is 24.2 Å². The van der Waals surface area contributed by atoms with Crippen LogP contribution in [0.15, 0.2) is 23.6 Å². The Kier molecular flexibility index (Phi) is 5.15. The summed E-state index contributed by atoms with van der Waals surface area (Å²) in [6.07, 6.45) is 7.87. The molecular formula is C12H19N4S+. The lowest BCUT2D eigenvalue weighted by molar-refractivity contribution is -0.458. The monoisotopic (exact) mass is 251 g/mol. The van der Waals surface area contributed by atoms with Crippen molar-refractivity contribution in [3.63, 3.8) is 0 Å². The normalized spacial score (nSPS) is 11.2. The van der Waals surface area contributed by atoms with E-state index < -0.39 is 0 Å². The Balaban J connectivity index is 3.17. The molecule has 1 aromatic rings. The van der Waals surface area contributed by atoms with Crippen LogP contribution in [0.3, 0.4) is 0 Å². The highest BCUT2D eigenvalue weighted by atomic mass is 32.2. The Morgan fingerprint density at radius 3 is 2.65 bits per heavy atom. The second-order valence-electron chi connectivity index (χ2n) is 4.07. The predicted molar refractivity (Wildman–Crippen MR) is 73.6 cm³/mol. The van der Waals surface area contributed by atoms with E-state index in [0.717, 1.165) is 16.4 Å². The third-order valence-electron chi connectivity index (χ3n) is 1.91. The van der Waals surface area contributed by atoms with E-state index in [0.29, 0.717) is 0 Å². The summed E-state index contributed by atoms with van der Waals surface area (Å²) in [5.41, 5.74) is 2.00. The van der Waals surface area contributed by atoms with Crippen LogP contribution in [-0.4, -0.2) is 60.1 Å². The van der Waals surface area contributed by atoms with Gasteiger partial charge in [-0.25, -0.2) is 14.5 Å². The van der Waals surface area contributed by atoms with Crippen LogP contribution in [0.4, 0.5) is 0 Å². The zero-order chi connectivity index (χ0) is 12.8. The third kappa shape index (κ3) is 4.56. The van der Waals surface area contributed by atoms with Crippen molar-refractivity contribution >= 4 is 23.5 Å². The highest BCUT2D eigenvalue weighted by Gasteiger charge is 2.06. The summed E-state index contributed by atoms with van der Waals surface area (Å²) in [6, 6.07) is 1.93. The minimum atomic E-state index is 0.791. The Bertz CT molecular complexity index is 434. The molecule has 0 unspecified atom stereocenters. The number of nitrogens with zero attached hydrogens (tertiary/aromatic N) is 4. The first kappa shape index (κ1) is 13.7. The maximum Gasteiger partial charge on any atom is 0.187 e. The molecular weight excluding hydrogens is 232 g/mol. The van der Waals surface area contributed by atoms with Gasteiger partial charge in [0.25, 0.3) is 0 Å². The molecule has 1 rings (SSSR count). The molecule has 92 valence electrons. The highest BCUT2D eigenvalue weighted by Crippen LogP contribution is 2.13. The van der Waals surface area contributed by atoms with Crippen LogP contribution < -0.4 is 0 Å². The molecule has 1 heterocycles. The summed E-state index contributed by atoms with van der Waals surface area (Å²) in [7, 11) is 8.00. The van der Waals surface area contributed by atoms with E-state index >= 15 is 0 Å². The van der Waals surface area contributed by atoms with Gasteiger partial charge in [-0.3, -0.25) is 0 Å². The van der Waals surface area contributed by atoms with E-state index in [1.165, 1.54) is 0 Å². The molecule has 0 saturated carbocycles. The van der Waals surface area contributed by atoms with Gasteiger partial charge in [-0.2, -0.15) is 0 Å². The van der Waals surface area contributed by atoms with Gasteiger partial charge >= 0.3 is 0 Å². The second kappa shape index (κ2) is 6.39. The van der Waals surface area contributed by atoms with Gasteiger partial charge in [-0.15, -0.1) is 0 Å². The average Bonchev–Trinajstić information content (AvgIpc) is 2.27. The molecule has 0 aliphatic heterocycles. The maximum absolute atomic E-state index is 4.50. The van der Waals surface area contributed by atoms with Crippen molar-refractivity contribution < 1.29 is 4.58 Å². The molecule has 17 heavy (non-hydrogen) atoms. The Morgan fingerprint density at radius 2 is 2.12 bits per heavy atom. The summed E-state index contributed by atoms with van der Waals surface area (Å²) >= 11 is 1.55. The van der Waals surface area contributed by atoms with Gasteiger partial charge in [0.2, 0.25) is 0 Å². The number of thioether (sulfide) groups is 1. The molecule has 0 N–H and O–H groups in total.